The molecule has 0 spiro atoms. The first kappa shape index (κ1) is 17.1. The highest BCUT2D eigenvalue weighted by Crippen LogP contribution is 2.37. The molecule has 0 fully saturated rings. The van der Waals surface area contributed by atoms with E-state index in [1.165, 1.54) is 0 Å². The second kappa shape index (κ2) is 5.44. The maximum Gasteiger partial charge on any atom is 0.200 e. The molecule has 1 rings (SSSR count). The van der Waals surface area contributed by atoms with E-state index in [1.807, 2.05) is 33.9 Å². The number of halogens is 5. The van der Waals surface area contributed by atoms with Gasteiger partial charge in [0.05, 0.1) is 12.2 Å². The minimum Gasteiger partial charge on any atom is -0.412 e. The molecule has 0 amide bonds. The van der Waals surface area contributed by atoms with Gasteiger partial charge in [-0.3, -0.25) is 0 Å². The van der Waals surface area contributed by atoms with Gasteiger partial charge < -0.3 is 4.43 Å². The van der Waals surface area contributed by atoms with Crippen LogP contribution in [0.3, 0.4) is 0 Å². The van der Waals surface area contributed by atoms with Gasteiger partial charge in [-0.05, 0) is 18.1 Å². The molecule has 0 atom stereocenters. The molecule has 0 unspecified atom stereocenters. The fraction of sp³-hybridized carbons (Fsp3) is 0.538. The lowest BCUT2D eigenvalue weighted by molar-refractivity contribution is 0.256. The first-order valence-corrected chi connectivity index (χ1v) is 8.95. The minimum absolute atomic E-state index is 0.239. The molecular formula is C13H17F5OSi. The van der Waals surface area contributed by atoms with Crippen molar-refractivity contribution in [2.75, 3.05) is 0 Å². The molecular weight excluding hydrogens is 295 g/mol. The van der Waals surface area contributed by atoms with Gasteiger partial charge in [0.1, 0.15) is 0 Å². The van der Waals surface area contributed by atoms with E-state index in [9.17, 15) is 22.0 Å². The molecule has 0 saturated carbocycles. The fourth-order valence-corrected chi connectivity index (χ4v) is 2.18. The molecule has 1 aromatic rings. The van der Waals surface area contributed by atoms with Gasteiger partial charge in [0.25, 0.3) is 0 Å². The molecule has 0 bridgehead atoms. The standard InChI is InChI=1S/C13H17F5OSi/c1-13(2,3)20(4,5)19-6-7-8(14)10(16)12(18)11(17)9(7)15/h6H2,1-5H3. The summed E-state index contributed by atoms with van der Waals surface area (Å²) in [5.74, 6) is -9.72. The predicted molar refractivity (Wildman–Crippen MR) is 68.2 cm³/mol. The van der Waals surface area contributed by atoms with Crippen LogP contribution in [0.1, 0.15) is 26.3 Å². The highest BCUT2D eigenvalue weighted by atomic mass is 28.4. The smallest absolute Gasteiger partial charge is 0.200 e. The van der Waals surface area contributed by atoms with Gasteiger partial charge in [0.15, 0.2) is 31.6 Å². The third-order valence-electron chi connectivity index (χ3n) is 3.68. The molecule has 0 aliphatic rings. The van der Waals surface area contributed by atoms with Gasteiger partial charge in [-0.15, -0.1) is 0 Å². The Balaban J connectivity index is 3.13. The number of hydrogen-bond donors (Lipinski definition) is 0. The molecule has 0 heterocycles. The van der Waals surface area contributed by atoms with Crippen molar-refractivity contribution in [2.45, 2.75) is 45.5 Å². The summed E-state index contributed by atoms with van der Waals surface area (Å²) in [6, 6.07) is 0. The van der Waals surface area contributed by atoms with Crippen LogP contribution >= 0.6 is 0 Å². The topological polar surface area (TPSA) is 9.23 Å². The number of hydrogen-bond acceptors (Lipinski definition) is 1. The summed E-state index contributed by atoms with van der Waals surface area (Å²) in [6.07, 6.45) is 0. The summed E-state index contributed by atoms with van der Waals surface area (Å²) in [7, 11) is -2.35. The Kier molecular flexibility index (Phi) is 4.65. The molecule has 0 saturated heterocycles. The van der Waals surface area contributed by atoms with Gasteiger partial charge in [-0.25, -0.2) is 22.0 Å². The van der Waals surface area contributed by atoms with Crippen LogP contribution in [0.15, 0.2) is 0 Å². The van der Waals surface area contributed by atoms with E-state index in [1.54, 1.807) is 0 Å². The summed E-state index contributed by atoms with van der Waals surface area (Å²) in [4.78, 5) is 0. The maximum atomic E-state index is 13.5. The average Bonchev–Trinajstić information content (AvgIpc) is 2.32. The summed E-state index contributed by atoms with van der Waals surface area (Å²) in [5.41, 5.74) is -0.925. The van der Waals surface area contributed by atoms with Gasteiger partial charge in [-0.1, -0.05) is 20.8 Å². The van der Waals surface area contributed by atoms with E-state index in [2.05, 4.69) is 0 Å². The Morgan fingerprint density at radius 1 is 0.800 bits per heavy atom. The van der Waals surface area contributed by atoms with Gasteiger partial charge >= 0.3 is 0 Å². The third kappa shape index (κ3) is 3.03. The highest BCUT2D eigenvalue weighted by Gasteiger charge is 2.38. The zero-order chi connectivity index (χ0) is 15.9. The predicted octanol–water partition coefficient (Wildman–Crippen LogP) is 4.90. The van der Waals surface area contributed by atoms with Crippen LogP contribution in [0.2, 0.25) is 18.1 Å². The van der Waals surface area contributed by atoms with Gasteiger partial charge in [0, 0.05) is 0 Å². The average molecular weight is 312 g/mol. The Hall–Kier alpha value is -0.953. The van der Waals surface area contributed by atoms with Crippen LogP contribution in [0, 0.1) is 29.1 Å². The van der Waals surface area contributed by atoms with Crippen LogP contribution in [0.5, 0.6) is 0 Å². The zero-order valence-electron chi connectivity index (χ0n) is 12.0. The largest absolute Gasteiger partial charge is 0.412 e. The Bertz CT molecular complexity index is 493. The first-order valence-electron chi connectivity index (χ1n) is 6.04. The van der Waals surface area contributed by atoms with E-state index in [-0.39, 0.29) is 5.04 Å². The SMILES string of the molecule is CC(C)(C)[Si](C)(C)OCc1c(F)c(F)c(F)c(F)c1F. The van der Waals surface area contributed by atoms with Crippen molar-refractivity contribution in [1.29, 1.82) is 0 Å². The second-order valence-electron chi connectivity index (χ2n) is 6.10. The molecule has 1 aromatic carbocycles. The van der Waals surface area contributed by atoms with Crippen LogP contribution in [-0.2, 0) is 11.0 Å². The van der Waals surface area contributed by atoms with Crippen molar-refractivity contribution in [3.05, 3.63) is 34.6 Å². The van der Waals surface area contributed by atoms with Crippen molar-refractivity contribution < 1.29 is 26.4 Å². The normalized spacial score (nSPS) is 12.9. The highest BCUT2D eigenvalue weighted by molar-refractivity contribution is 6.74. The molecule has 0 N–H and O–H groups in total. The molecule has 20 heavy (non-hydrogen) atoms. The van der Waals surface area contributed by atoms with E-state index in [0.29, 0.717) is 0 Å². The van der Waals surface area contributed by atoms with E-state index >= 15 is 0 Å². The van der Waals surface area contributed by atoms with Crippen molar-refractivity contribution in [1.82, 2.24) is 0 Å². The van der Waals surface area contributed by atoms with Crippen LogP contribution in [0.25, 0.3) is 0 Å². The number of benzene rings is 1. The lowest BCUT2D eigenvalue weighted by atomic mass is 10.2. The summed E-state index contributed by atoms with van der Waals surface area (Å²) < 4.78 is 71.5. The molecule has 0 aliphatic heterocycles. The van der Waals surface area contributed by atoms with E-state index < -0.39 is 49.6 Å². The second-order valence-corrected chi connectivity index (χ2v) is 10.9. The first-order chi connectivity index (χ1) is 8.90. The lowest BCUT2D eigenvalue weighted by Crippen LogP contribution is -2.40. The number of rotatable bonds is 3. The van der Waals surface area contributed by atoms with Gasteiger partial charge in [-0.2, -0.15) is 0 Å². The Morgan fingerprint density at radius 3 is 1.50 bits per heavy atom. The molecule has 0 aliphatic carbocycles. The van der Waals surface area contributed by atoms with E-state index in [0.717, 1.165) is 0 Å². The third-order valence-corrected chi connectivity index (χ3v) is 8.16. The zero-order valence-corrected chi connectivity index (χ0v) is 13.0. The summed E-state index contributed by atoms with van der Waals surface area (Å²) >= 11 is 0. The maximum absolute atomic E-state index is 13.5. The molecule has 114 valence electrons. The van der Waals surface area contributed by atoms with Crippen LogP contribution in [-0.4, -0.2) is 8.32 Å². The Labute approximate surface area is 115 Å². The van der Waals surface area contributed by atoms with Crippen LogP contribution in [0.4, 0.5) is 22.0 Å². The molecule has 7 heteroatoms. The van der Waals surface area contributed by atoms with Crippen LogP contribution < -0.4 is 0 Å². The van der Waals surface area contributed by atoms with Crippen molar-refractivity contribution in [3.8, 4) is 0 Å². The molecule has 0 aromatic heterocycles. The fourth-order valence-electron chi connectivity index (χ4n) is 1.25. The van der Waals surface area contributed by atoms with Crippen molar-refractivity contribution in [3.63, 3.8) is 0 Å². The van der Waals surface area contributed by atoms with Crippen molar-refractivity contribution in [2.24, 2.45) is 0 Å². The monoisotopic (exact) mass is 312 g/mol. The Morgan fingerprint density at radius 2 is 1.15 bits per heavy atom. The van der Waals surface area contributed by atoms with Crippen molar-refractivity contribution >= 4 is 8.32 Å². The summed E-state index contributed by atoms with van der Waals surface area (Å²) in [6.45, 7) is 8.70. The lowest BCUT2D eigenvalue weighted by Gasteiger charge is -2.36. The summed E-state index contributed by atoms with van der Waals surface area (Å²) in [5, 5.41) is -0.239. The molecule has 0 radical (unpaired) electrons. The van der Waals surface area contributed by atoms with E-state index in [4.69, 9.17) is 4.43 Å². The molecule has 1 nitrogen and oxygen atoms in total. The minimum atomic E-state index is -2.35. The van der Waals surface area contributed by atoms with Gasteiger partial charge in [0.2, 0.25) is 5.82 Å². The quantitative estimate of drug-likeness (QED) is 0.334.